The van der Waals surface area contributed by atoms with Gasteiger partial charge < -0.3 is 11.1 Å². The molecule has 0 bridgehead atoms. The molecule has 84 valence electrons. The molecule has 0 aliphatic rings. The molecular weight excluding hydrogens is 206 g/mol. The van der Waals surface area contributed by atoms with Crippen LogP contribution >= 0.6 is 0 Å². The summed E-state index contributed by atoms with van der Waals surface area (Å²) in [4.78, 5) is 18.9. The average Bonchev–Trinajstić information content (AvgIpc) is 2.26. The largest absolute Gasteiger partial charge is 0.369 e. The van der Waals surface area contributed by atoms with Gasteiger partial charge in [0.1, 0.15) is 6.07 Å². The Morgan fingerprint density at radius 3 is 2.75 bits per heavy atom. The van der Waals surface area contributed by atoms with Gasteiger partial charge in [-0.05, 0) is 13.8 Å². The van der Waals surface area contributed by atoms with Crippen molar-refractivity contribution in [1.29, 1.82) is 5.26 Å². The third kappa shape index (κ3) is 2.67. The number of hydrogen-bond acceptors (Lipinski definition) is 5. The van der Waals surface area contributed by atoms with Crippen molar-refractivity contribution in [3.63, 3.8) is 0 Å². The van der Waals surface area contributed by atoms with Crippen LogP contribution in [0, 0.1) is 16.7 Å². The number of nitrogens with one attached hydrogen (secondary N) is 1. The van der Waals surface area contributed by atoms with Crippen molar-refractivity contribution in [2.75, 3.05) is 11.9 Å². The van der Waals surface area contributed by atoms with E-state index >= 15 is 0 Å². The van der Waals surface area contributed by atoms with E-state index in [1.54, 1.807) is 13.8 Å². The molecule has 0 aromatic carbocycles. The number of hydrogen-bond donors (Lipinski definition) is 2. The summed E-state index contributed by atoms with van der Waals surface area (Å²) in [6, 6.07) is 1.91. The van der Waals surface area contributed by atoms with Crippen LogP contribution in [0.1, 0.15) is 19.5 Å². The van der Waals surface area contributed by atoms with E-state index in [1.165, 1.54) is 12.4 Å². The maximum Gasteiger partial charge on any atom is 0.224 e. The van der Waals surface area contributed by atoms with E-state index < -0.39 is 11.3 Å². The second-order valence-corrected chi connectivity index (χ2v) is 3.97. The highest BCUT2D eigenvalue weighted by Gasteiger charge is 2.25. The molecule has 6 nitrogen and oxygen atoms in total. The van der Waals surface area contributed by atoms with E-state index in [1.807, 2.05) is 6.07 Å². The zero-order valence-corrected chi connectivity index (χ0v) is 9.19. The quantitative estimate of drug-likeness (QED) is 0.756. The van der Waals surface area contributed by atoms with Gasteiger partial charge in [-0.1, -0.05) is 0 Å². The molecule has 6 heteroatoms. The van der Waals surface area contributed by atoms with Gasteiger partial charge in [0.05, 0.1) is 5.41 Å². The van der Waals surface area contributed by atoms with Crippen LogP contribution in [0.3, 0.4) is 0 Å². The maximum absolute atomic E-state index is 11.1. The predicted molar refractivity (Wildman–Crippen MR) is 58.2 cm³/mol. The topological polar surface area (TPSA) is 105 Å². The van der Waals surface area contributed by atoms with Gasteiger partial charge in [0.15, 0.2) is 11.5 Å². The van der Waals surface area contributed by atoms with Gasteiger partial charge >= 0.3 is 0 Å². The van der Waals surface area contributed by atoms with Crippen LogP contribution in [-0.2, 0) is 4.79 Å². The molecule has 0 fully saturated rings. The van der Waals surface area contributed by atoms with Crippen LogP contribution in [0.2, 0.25) is 0 Å². The smallest absolute Gasteiger partial charge is 0.224 e. The number of nitriles is 1. The lowest BCUT2D eigenvalue weighted by atomic mass is 9.93. The zero-order valence-electron chi connectivity index (χ0n) is 9.19. The first-order chi connectivity index (χ1) is 7.47. The van der Waals surface area contributed by atoms with E-state index in [2.05, 4.69) is 15.3 Å². The molecule has 0 atom stereocenters. The van der Waals surface area contributed by atoms with E-state index in [4.69, 9.17) is 11.0 Å². The fourth-order valence-electron chi connectivity index (χ4n) is 0.941. The Morgan fingerprint density at radius 1 is 1.56 bits per heavy atom. The zero-order chi connectivity index (χ0) is 12.2. The van der Waals surface area contributed by atoms with E-state index in [-0.39, 0.29) is 5.69 Å². The minimum absolute atomic E-state index is 0.197. The van der Waals surface area contributed by atoms with E-state index in [0.29, 0.717) is 12.4 Å². The summed E-state index contributed by atoms with van der Waals surface area (Å²) < 4.78 is 0. The Morgan fingerprint density at radius 2 is 2.19 bits per heavy atom. The molecule has 1 heterocycles. The molecule has 1 amide bonds. The lowest BCUT2D eigenvalue weighted by Crippen LogP contribution is -2.37. The molecule has 3 N–H and O–H groups in total. The number of carbonyl (C=O) groups is 1. The lowest BCUT2D eigenvalue weighted by molar-refractivity contribution is -0.125. The van der Waals surface area contributed by atoms with Gasteiger partial charge in [-0.25, -0.2) is 9.97 Å². The Labute approximate surface area is 93.5 Å². The van der Waals surface area contributed by atoms with Gasteiger partial charge in [0.25, 0.3) is 0 Å². The second-order valence-electron chi connectivity index (χ2n) is 3.97. The molecule has 0 radical (unpaired) electrons. The SMILES string of the molecule is CC(C)(CNc1nccnc1C#N)C(N)=O. The average molecular weight is 219 g/mol. The molecule has 16 heavy (non-hydrogen) atoms. The molecule has 0 aliphatic carbocycles. The number of rotatable bonds is 4. The molecule has 0 spiro atoms. The highest BCUT2D eigenvalue weighted by molar-refractivity contribution is 5.80. The van der Waals surface area contributed by atoms with Crippen LogP contribution in [0.5, 0.6) is 0 Å². The molecular formula is C10H13N5O. The van der Waals surface area contributed by atoms with Gasteiger partial charge in [-0.15, -0.1) is 0 Å². The van der Waals surface area contributed by atoms with Gasteiger partial charge in [0, 0.05) is 18.9 Å². The van der Waals surface area contributed by atoms with Gasteiger partial charge in [0.2, 0.25) is 5.91 Å². The Bertz CT molecular complexity index is 435. The van der Waals surface area contributed by atoms with Crippen molar-refractivity contribution in [3.8, 4) is 6.07 Å². The molecule has 0 saturated carbocycles. The van der Waals surface area contributed by atoms with Crippen molar-refractivity contribution in [2.45, 2.75) is 13.8 Å². The van der Waals surface area contributed by atoms with E-state index in [0.717, 1.165) is 0 Å². The third-order valence-electron chi connectivity index (χ3n) is 2.17. The minimum Gasteiger partial charge on any atom is -0.369 e. The molecule has 1 rings (SSSR count). The number of carbonyl (C=O) groups excluding carboxylic acids is 1. The summed E-state index contributed by atoms with van der Waals surface area (Å²) >= 11 is 0. The van der Waals surface area contributed by atoms with Crippen molar-refractivity contribution < 1.29 is 4.79 Å². The van der Waals surface area contributed by atoms with Crippen LogP contribution in [0.25, 0.3) is 0 Å². The Hall–Kier alpha value is -2.16. The monoisotopic (exact) mass is 219 g/mol. The summed E-state index contributed by atoms with van der Waals surface area (Å²) in [6.45, 7) is 3.73. The number of amides is 1. The highest BCUT2D eigenvalue weighted by Crippen LogP contribution is 2.16. The van der Waals surface area contributed by atoms with Crippen LogP contribution < -0.4 is 11.1 Å². The first kappa shape index (κ1) is 11.9. The molecule has 1 aromatic rings. The Kier molecular flexibility index (Phi) is 3.40. The first-order valence-corrected chi connectivity index (χ1v) is 4.72. The van der Waals surface area contributed by atoms with Crippen molar-refractivity contribution in [3.05, 3.63) is 18.1 Å². The molecule has 0 aliphatic heterocycles. The van der Waals surface area contributed by atoms with Crippen molar-refractivity contribution >= 4 is 11.7 Å². The van der Waals surface area contributed by atoms with Crippen LogP contribution in [0.4, 0.5) is 5.82 Å². The fraction of sp³-hybridized carbons (Fsp3) is 0.400. The maximum atomic E-state index is 11.1. The summed E-state index contributed by atoms with van der Waals surface area (Å²) in [5, 5.41) is 11.7. The second kappa shape index (κ2) is 4.57. The predicted octanol–water partition coefficient (Wildman–Crippen LogP) is 0.272. The summed E-state index contributed by atoms with van der Waals surface area (Å²) in [5.74, 6) is -0.0540. The summed E-state index contributed by atoms with van der Waals surface area (Å²) in [6.07, 6.45) is 2.91. The number of nitrogens with two attached hydrogens (primary N) is 1. The summed E-state index contributed by atoms with van der Waals surface area (Å²) in [7, 11) is 0. The number of nitrogens with zero attached hydrogens (tertiary/aromatic N) is 3. The highest BCUT2D eigenvalue weighted by atomic mass is 16.1. The lowest BCUT2D eigenvalue weighted by Gasteiger charge is -2.21. The first-order valence-electron chi connectivity index (χ1n) is 4.72. The normalized spacial score (nSPS) is 10.6. The van der Waals surface area contributed by atoms with Gasteiger partial charge in [-0.3, -0.25) is 4.79 Å². The summed E-state index contributed by atoms with van der Waals surface area (Å²) in [5.41, 5.74) is 4.72. The Balaban J connectivity index is 2.76. The molecule has 0 saturated heterocycles. The van der Waals surface area contributed by atoms with E-state index in [9.17, 15) is 4.79 Å². The van der Waals surface area contributed by atoms with Crippen molar-refractivity contribution in [2.24, 2.45) is 11.1 Å². The number of aromatic nitrogens is 2. The third-order valence-corrected chi connectivity index (χ3v) is 2.17. The molecule has 0 unspecified atom stereocenters. The minimum atomic E-state index is -0.704. The van der Waals surface area contributed by atoms with Crippen LogP contribution in [0.15, 0.2) is 12.4 Å². The van der Waals surface area contributed by atoms with Crippen LogP contribution in [-0.4, -0.2) is 22.4 Å². The molecule has 1 aromatic heterocycles. The van der Waals surface area contributed by atoms with Crippen molar-refractivity contribution in [1.82, 2.24) is 9.97 Å². The fourth-order valence-corrected chi connectivity index (χ4v) is 0.941. The standard InChI is InChI=1S/C10H13N5O/c1-10(2,9(12)16)6-15-8-7(5-11)13-3-4-14-8/h3-4H,6H2,1-2H3,(H2,12,16)(H,14,15). The number of anilines is 1. The van der Waals surface area contributed by atoms with Gasteiger partial charge in [-0.2, -0.15) is 5.26 Å². The number of primary amides is 1.